The molecule has 0 fully saturated rings. The van der Waals surface area contributed by atoms with Gasteiger partial charge in [-0.3, -0.25) is 4.79 Å². The lowest BCUT2D eigenvalue weighted by molar-refractivity contribution is 0.0595. The number of aromatic hydroxyl groups is 1. The molecule has 0 amide bonds. The van der Waals surface area contributed by atoms with E-state index in [0.29, 0.717) is 22.4 Å². The molecule has 0 aliphatic rings. The first-order valence-electron chi connectivity index (χ1n) is 7.20. The molecule has 0 radical (unpaired) electrons. The van der Waals surface area contributed by atoms with Crippen LogP contribution in [0.5, 0.6) is 17.2 Å². The molecule has 1 heterocycles. The van der Waals surface area contributed by atoms with Crippen LogP contribution in [0.15, 0.2) is 53.3 Å². The van der Waals surface area contributed by atoms with Crippen LogP contribution in [-0.4, -0.2) is 22.8 Å². The van der Waals surface area contributed by atoms with E-state index in [-0.39, 0.29) is 5.56 Å². The summed E-state index contributed by atoms with van der Waals surface area (Å²) in [6.07, 6.45) is 0. The Morgan fingerprint density at radius 3 is 2.46 bits per heavy atom. The van der Waals surface area contributed by atoms with Gasteiger partial charge in [-0.05, 0) is 24.3 Å². The Bertz CT molecular complexity index is 976. The maximum atomic E-state index is 12.3. The van der Waals surface area contributed by atoms with E-state index >= 15 is 0 Å². The summed E-state index contributed by atoms with van der Waals surface area (Å²) in [5.74, 6) is -0.114. The molecule has 0 spiro atoms. The average Bonchev–Trinajstić information content (AvgIpc) is 2.60. The van der Waals surface area contributed by atoms with Crippen molar-refractivity contribution in [2.24, 2.45) is 7.05 Å². The topological polar surface area (TPSA) is 77.8 Å². The zero-order valence-electron chi connectivity index (χ0n) is 13.1. The van der Waals surface area contributed by atoms with Crippen LogP contribution in [0, 0.1) is 0 Å². The van der Waals surface area contributed by atoms with Gasteiger partial charge < -0.3 is 19.1 Å². The summed E-state index contributed by atoms with van der Waals surface area (Å²) >= 11 is 0. The highest BCUT2D eigenvalue weighted by Gasteiger charge is 2.21. The van der Waals surface area contributed by atoms with Crippen LogP contribution in [0.25, 0.3) is 10.9 Å². The third-order valence-corrected chi connectivity index (χ3v) is 3.71. The summed E-state index contributed by atoms with van der Waals surface area (Å²) in [7, 11) is 2.67. The number of aromatic nitrogens is 1. The molecule has 2 aromatic carbocycles. The second kappa shape index (κ2) is 6.08. The lowest BCUT2D eigenvalue weighted by Crippen LogP contribution is -2.25. The molecule has 3 rings (SSSR count). The summed E-state index contributed by atoms with van der Waals surface area (Å²) in [5.41, 5.74) is -0.577. The number of methoxy groups -OCH3 is 1. The third-order valence-electron chi connectivity index (χ3n) is 3.71. The van der Waals surface area contributed by atoms with E-state index in [1.54, 1.807) is 30.3 Å². The fourth-order valence-electron chi connectivity index (χ4n) is 2.48. The van der Waals surface area contributed by atoms with Crippen molar-refractivity contribution >= 4 is 16.9 Å². The number of pyridine rings is 1. The van der Waals surface area contributed by atoms with Gasteiger partial charge in [0, 0.05) is 18.5 Å². The number of esters is 1. The molecule has 1 N–H and O–H groups in total. The van der Waals surface area contributed by atoms with Crippen LogP contribution < -0.4 is 10.3 Å². The lowest BCUT2D eigenvalue weighted by atomic mass is 10.1. The number of aryl methyl sites for hydroxylation is 1. The van der Waals surface area contributed by atoms with Gasteiger partial charge in [-0.15, -0.1) is 0 Å². The van der Waals surface area contributed by atoms with Gasteiger partial charge in [0.15, 0.2) is 5.56 Å². The first-order chi connectivity index (χ1) is 11.5. The van der Waals surface area contributed by atoms with E-state index in [1.165, 1.54) is 11.6 Å². The Morgan fingerprint density at radius 2 is 1.79 bits per heavy atom. The molecule has 1 aromatic heterocycles. The molecule has 3 aromatic rings. The number of benzene rings is 2. The van der Waals surface area contributed by atoms with E-state index in [0.717, 1.165) is 7.11 Å². The highest BCUT2D eigenvalue weighted by molar-refractivity contribution is 5.99. The summed E-state index contributed by atoms with van der Waals surface area (Å²) in [6.45, 7) is 0. The predicted molar refractivity (Wildman–Crippen MR) is 88.7 cm³/mol. The zero-order valence-corrected chi connectivity index (χ0v) is 13.1. The number of fused-ring (bicyclic) bond motifs is 1. The molecule has 0 aliphatic carbocycles. The number of carbonyl (C=O) groups is 1. The molecule has 122 valence electrons. The Kier molecular flexibility index (Phi) is 3.95. The molecular weight excluding hydrogens is 310 g/mol. The van der Waals surface area contributed by atoms with E-state index < -0.39 is 17.3 Å². The molecule has 6 nitrogen and oxygen atoms in total. The first kappa shape index (κ1) is 15.6. The van der Waals surface area contributed by atoms with E-state index in [2.05, 4.69) is 4.74 Å². The van der Waals surface area contributed by atoms with E-state index in [4.69, 9.17) is 4.74 Å². The number of hydrogen-bond donors (Lipinski definition) is 1. The third kappa shape index (κ3) is 2.58. The van der Waals surface area contributed by atoms with E-state index in [1.807, 2.05) is 18.2 Å². The van der Waals surface area contributed by atoms with Gasteiger partial charge in [-0.2, -0.15) is 0 Å². The normalized spacial score (nSPS) is 10.6. The molecule has 6 heteroatoms. The Balaban J connectivity index is 2.16. The maximum Gasteiger partial charge on any atom is 0.347 e. The predicted octanol–water partition coefficient (Wildman–Crippen LogP) is 2.82. The average molecular weight is 325 g/mol. The number of hydrogen-bond acceptors (Lipinski definition) is 5. The van der Waals surface area contributed by atoms with Gasteiger partial charge in [0.25, 0.3) is 5.56 Å². The Hall–Kier alpha value is -3.28. The number of carbonyl (C=O) groups excluding carboxylic acids is 1. The minimum Gasteiger partial charge on any atom is -0.506 e. The van der Waals surface area contributed by atoms with Crippen LogP contribution >= 0.6 is 0 Å². The molecule has 0 saturated carbocycles. The van der Waals surface area contributed by atoms with Crippen molar-refractivity contribution < 1.29 is 19.4 Å². The maximum absolute atomic E-state index is 12.3. The summed E-state index contributed by atoms with van der Waals surface area (Å²) < 4.78 is 11.6. The van der Waals surface area contributed by atoms with Crippen molar-refractivity contribution in [3.8, 4) is 17.2 Å². The van der Waals surface area contributed by atoms with Crippen LogP contribution in [0.3, 0.4) is 0 Å². The SMILES string of the molecule is COC(=O)c1c(O)c2ccc(Oc3ccccc3)cc2n(C)c1=O. The smallest absolute Gasteiger partial charge is 0.347 e. The summed E-state index contributed by atoms with van der Waals surface area (Å²) in [5, 5.41) is 10.6. The fourth-order valence-corrected chi connectivity index (χ4v) is 2.48. The minimum absolute atomic E-state index is 0.359. The van der Waals surface area contributed by atoms with Crippen LogP contribution in [0.2, 0.25) is 0 Å². The first-order valence-corrected chi connectivity index (χ1v) is 7.20. The Labute approximate surface area is 137 Å². The van der Waals surface area contributed by atoms with Crippen molar-refractivity contribution in [1.82, 2.24) is 4.57 Å². The quantitative estimate of drug-likeness (QED) is 0.749. The second-order valence-corrected chi connectivity index (χ2v) is 5.17. The van der Waals surface area contributed by atoms with Gasteiger partial charge in [0.05, 0.1) is 12.6 Å². The molecule has 24 heavy (non-hydrogen) atoms. The standard InChI is InChI=1S/C18H15NO5/c1-19-14-10-12(24-11-6-4-3-5-7-11)8-9-13(14)16(20)15(17(19)21)18(22)23-2/h3-10,20H,1-2H3. The number of ether oxygens (including phenoxy) is 2. The Morgan fingerprint density at radius 1 is 1.08 bits per heavy atom. The monoisotopic (exact) mass is 325 g/mol. The second-order valence-electron chi connectivity index (χ2n) is 5.17. The van der Waals surface area contributed by atoms with Gasteiger partial charge >= 0.3 is 5.97 Å². The molecule has 0 aliphatic heterocycles. The van der Waals surface area contributed by atoms with Crippen LogP contribution in [0.4, 0.5) is 0 Å². The number of nitrogens with zero attached hydrogens (tertiary/aromatic N) is 1. The molecule has 0 saturated heterocycles. The highest BCUT2D eigenvalue weighted by Crippen LogP contribution is 2.31. The van der Waals surface area contributed by atoms with E-state index in [9.17, 15) is 14.7 Å². The fraction of sp³-hybridized carbons (Fsp3) is 0.111. The van der Waals surface area contributed by atoms with Crippen LogP contribution in [0.1, 0.15) is 10.4 Å². The van der Waals surface area contributed by atoms with Crippen molar-refractivity contribution in [3.05, 3.63) is 64.4 Å². The van der Waals surface area contributed by atoms with Gasteiger partial charge in [0.2, 0.25) is 0 Å². The minimum atomic E-state index is -0.875. The molecule has 0 unspecified atom stereocenters. The molecule has 0 atom stereocenters. The largest absolute Gasteiger partial charge is 0.506 e. The molecule has 0 bridgehead atoms. The number of para-hydroxylation sites is 1. The summed E-state index contributed by atoms with van der Waals surface area (Å²) in [6, 6.07) is 14.1. The van der Waals surface area contributed by atoms with Crippen molar-refractivity contribution in [1.29, 1.82) is 0 Å². The van der Waals surface area contributed by atoms with Gasteiger partial charge in [-0.25, -0.2) is 4.79 Å². The zero-order chi connectivity index (χ0) is 17.3. The van der Waals surface area contributed by atoms with Gasteiger partial charge in [-0.1, -0.05) is 18.2 Å². The van der Waals surface area contributed by atoms with Crippen molar-refractivity contribution in [3.63, 3.8) is 0 Å². The van der Waals surface area contributed by atoms with Gasteiger partial charge in [0.1, 0.15) is 17.2 Å². The summed E-state index contributed by atoms with van der Waals surface area (Å²) in [4.78, 5) is 24.1. The molecular formula is C18H15NO5. The van der Waals surface area contributed by atoms with Crippen LogP contribution in [-0.2, 0) is 11.8 Å². The van der Waals surface area contributed by atoms with Crippen molar-refractivity contribution in [2.75, 3.05) is 7.11 Å². The van der Waals surface area contributed by atoms with Crippen molar-refractivity contribution in [2.45, 2.75) is 0 Å². The number of rotatable bonds is 3. The lowest BCUT2D eigenvalue weighted by Gasteiger charge is -2.12. The highest BCUT2D eigenvalue weighted by atomic mass is 16.5.